The van der Waals surface area contributed by atoms with E-state index in [-0.39, 0.29) is 24.7 Å². The second kappa shape index (κ2) is 10.2. The van der Waals surface area contributed by atoms with Gasteiger partial charge >= 0.3 is 5.97 Å². The number of aromatic hydroxyl groups is 2. The van der Waals surface area contributed by atoms with E-state index >= 15 is 0 Å². The number of phenols is 2. The van der Waals surface area contributed by atoms with Crippen molar-refractivity contribution in [3.05, 3.63) is 48.0 Å². The predicted octanol–water partition coefficient (Wildman–Crippen LogP) is 1.13. The molecule has 0 aliphatic heterocycles. The van der Waals surface area contributed by atoms with Gasteiger partial charge in [-0.05, 0) is 42.8 Å². The number of nitrogens with one attached hydrogen (secondary N) is 1. The average molecular weight is 377 g/mol. The molecule has 0 fully saturated rings. The minimum atomic E-state index is -1.02. The summed E-state index contributed by atoms with van der Waals surface area (Å²) in [6, 6.07) is 11.2. The van der Waals surface area contributed by atoms with E-state index < -0.39 is 12.1 Å². The fraction of sp³-hybridized carbons (Fsp3) is 0.316. The molecule has 27 heavy (non-hydrogen) atoms. The highest BCUT2D eigenvalue weighted by molar-refractivity contribution is 5.68. The predicted molar refractivity (Wildman–Crippen MR) is 97.4 cm³/mol. The molecule has 8 heteroatoms. The van der Waals surface area contributed by atoms with Crippen LogP contribution < -0.4 is 14.8 Å². The Morgan fingerprint density at radius 3 is 2.37 bits per heavy atom. The largest absolute Gasteiger partial charge is 0.504 e. The van der Waals surface area contributed by atoms with Gasteiger partial charge in [-0.1, -0.05) is 12.1 Å². The summed E-state index contributed by atoms with van der Waals surface area (Å²) >= 11 is 0. The molecule has 0 unspecified atom stereocenters. The van der Waals surface area contributed by atoms with Gasteiger partial charge in [-0.3, -0.25) is 0 Å². The minimum absolute atomic E-state index is 0.0484. The van der Waals surface area contributed by atoms with Gasteiger partial charge in [0.2, 0.25) is 0 Å². The number of phenolic OH excluding ortho intramolecular Hbond substituents is 2. The lowest BCUT2D eigenvalue weighted by molar-refractivity contribution is -0.139. The van der Waals surface area contributed by atoms with Gasteiger partial charge in [-0.25, -0.2) is 4.79 Å². The summed E-state index contributed by atoms with van der Waals surface area (Å²) in [5.74, 6) is -0.671. The van der Waals surface area contributed by atoms with E-state index in [1.807, 2.05) is 12.1 Å². The molecule has 0 saturated carbocycles. The quantitative estimate of drug-likeness (QED) is 0.291. The first-order valence-corrected chi connectivity index (χ1v) is 8.41. The van der Waals surface area contributed by atoms with Crippen molar-refractivity contribution >= 4 is 5.97 Å². The summed E-state index contributed by atoms with van der Waals surface area (Å²) in [6.07, 6.45) is 0.00580. The van der Waals surface area contributed by atoms with E-state index in [2.05, 4.69) is 5.32 Å². The second-order valence-corrected chi connectivity index (χ2v) is 5.90. The normalized spacial score (nSPS) is 11.7. The summed E-state index contributed by atoms with van der Waals surface area (Å²) in [4.78, 5) is 10.4. The van der Waals surface area contributed by atoms with Crippen molar-refractivity contribution in [1.29, 1.82) is 0 Å². The van der Waals surface area contributed by atoms with E-state index in [1.54, 1.807) is 12.1 Å². The highest BCUT2D eigenvalue weighted by Crippen LogP contribution is 2.28. The van der Waals surface area contributed by atoms with Crippen LogP contribution in [0.5, 0.6) is 23.0 Å². The molecular weight excluding hydrogens is 354 g/mol. The van der Waals surface area contributed by atoms with Crippen molar-refractivity contribution in [2.24, 2.45) is 0 Å². The number of carboxylic acids is 1. The molecule has 0 amide bonds. The maximum absolute atomic E-state index is 10.4. The van der Waals surface area contributed by atoms with E-state index in [0.717, 1.165) is 12.0 Å². The molecule has 2 rings (SSSR count). The number of hydrogen-bond acceptors (Lipinski definition) is 7. The lowest BCUT2D eigenvalue weighted by Crippen LogP contribution is -2.32. The Morgan fingerprint density at radius 2 is 1.70 bits per heavy atom. The molecule has 146 valence electrons. The van der Waals surface area contributed by atoms with Gasteiger partial charge in [0, 0.05) is 12.6 Å². The molecule has 5 N–H and O–H groups in total. The number of benzene rings is 2. The number of hydrogen-bond donors (Lipinski definition) is 5. The number of carboxylic acid groups (broad SMARTS) is 1. The van der Waals surface area contributed by atoms with Crippen LogP contribution in [-0.2, 0) is 11.2 Å². The van der Waals surface area contributed by atoms with Crippen LogP contribution in [0.15, 0.2) is 42.5 Å². The molecule has 0 aromatic heterocycles. The Morgan fingerprint density at radius 1 is 1.00 bits per heavy atom. The van der Waals surface area contributed by atoms with Gasteiger partial charge in [-0.15, -0.1) is 0 Å². The first-order valence-electron chi connectivity index (χ1n) is 8.41. The number of carbonyl (C=O) groups is 1. The summed E-state index contributed by atoms with van der Waals surface area (Å²) in [6.45, 7) is 0.660. The van der Waals surface area contributed by atoms with E-state index in [4.69, 9.17) is 14.6 Å². The lowest BCUT2D eigenvalue weighted by Gasteiger charge is -2.13. The van der Waals surface area contributed by atoms with Crippen LogP contribution in [0.4, 0.5) is 0 Å². The molecule has 0 radical (unpaired) electrons. The van der Waals surface area contributed by atoms with Gasteiger partial charge in [0.05, 0.1) is 0 Å². The maximum Gasteiger partial charge on any atom is 0.341 e. The average Bonchev–Trinajstić information content (AvgIpc) is 2.65. The van der Waals surface area contributed by atoms with Crippen molar-refractivity contribution in [3.8, 4) is 23.0 Å². The molecule has 2 aromatic rings. The number of aliphatic hydroxyl groups is 1. The first kappa shape index (κ1) is 20.3. The van der Waals surface area contributed by atoms with Gasteiger partial charge in [-0.2, -0.15) is 0 Å². The molecule has 2 aromatic carbocycles. The number of aliphatic carboxylic acids is 1. The van der Waals surface area contributed by atoms with Crippen LogP contribution in [0.2, 0.25) is 0 Å². The van der Waals surface area contributed by atoms with E-state index in [1.165, 1.54) is 18.2 Å². The Hall–Kier alpha value is -2.97. The van der Waals surface area contributed by atoms with Crippen LogP contribution in [0.1, 0.15) is 5.56 Å². The Kier molecular flexibility index (Phi) is 7.72. The van der Waals surface area contributed by atoms with Crippen molar-refractivity contribution < 1.29 is 34.7 Å². The summed E-state index contributed by atoms with van der Waals surface area (Å²) in [5, 5.41) is 40.2. The molecule has 0 spiro atoms. The topological polar surface area (TPSA) is 128 Å². The molecular formula is C19H23NO7. The van der Waals surface area contributed by atoms with Crippen molar-refractivity contribution in [3.63, 3.8) is 0 Å². The van der Waals surface area contributed by atoms with Gasteiger partial charge in [0.15, 0.2) is 18.1 Å². The van der Waals surface area contributed by atoms with Gasteiger partial charge in [0.1, 0.15) is 24.2 Å². The fourth-order valence-electron chi connectivity index (χ4n) is 2.24. The number of rotatable bonds is 11. The fourth-order valence-corrected chi connectivity index (χ4v) is 2.24. The smallest absolute Gasteiger partial charge is 0.341 e. The highest BCUT2D eigenvalue weighted by atomic mass is 16.5. The highest BCUT2D eigenvalue weighted by Gasteiger charge is 2.07. The van der Waals surface area contributed by atoms with Crippen LogP contribution in [0, 0.1) is 0 Å². The van der Waals surface area contributed by atoms with Crippen LogP contribution >= 0.6 is 0 Å². The monoisotopic (exact) mass is 377 g/mol. The van der Waals surface area contributed by atoms with Crippen LogP contribution in [0.3, 0.4) is 0 Å². The third kappa shape index (κ3) is 7.43. The summed E-state index contributed by atoms with van der Waals surface area (Å²) in [5.41, 5.74) is 1.05. The first-order chi connectivity index (χ1) is 12.9. The second-order valence-electron chi connectivity index (χ2n) is 5.90. The summed E-state index contributed by atoms with van der Waals surface area (Å²) in [7, 11) is 0. The Bertz CT molecular complexity index is 733. The molecule has 0 bridgehead atoms. The molecule has 0 saturated heterocycles. The van der Waals surface area contributed by atoms with E-state index in [9.17, 15) is 20.1 Å². The SMILES string of the molecule is O=C(O)COc1ccc(CCNC[C@H](O)COc2ccc(O)c(O)c2)cc1. The molecule has 0 aliphatic rings. The third-order valence-corrected chi connectivity index (χ3v) is 3.65. The standard InChI is InChI=1S/C19H23NO7/c21-14(11-26-16-5-6-17(22)18(23)9-16)10-20-8-7-13-1-3-15(4-2-13)27-12-19(24)25/h1-6,9,14,20-23H,7-8,10-12H2,(H,24,25)/t14-/m0/s1. The zero-order chi connectivity index (χ0) is 19.6. The molecule has 8 nitrogen and oxygen atoms in total. The summed E-state index contributed by atoms with van der Waals surface area (Å²) < 4.78 is 10.4. The lowest BCUT2D eigenvalue weighted by atomic mass is 10.1. The van der Waals surface area contributed by atoms with Crippen LogP contribution in [0.25, 0.3) is 0 Å². The molecule has 0 aliphatic carbocycles. The zero-order valence-corrected chi connectivity index (χ0v) is 14.7. The third-order valence-electron chi connectivity index (χ3n) is 3.65. The van der Waals surface area contributed by atoms with E-state index in [0.29, 0.717) is 24.6 Å². The number of ether oxygens (including phenoxy) is 2. The number of aliphatic hydroxyl groups excluding tert-OH is 1. The Labute approximate surface area is 156 Å². The molecule has 1 atom stereocenters. The van der Waals surface area contributed by atoms with Gasteiger partial charge in [0.25, 0.3) is 0 Å². The zero-order valence-electron chi connectivity index (χ0n) is 14.7. The van der Waals surface area contributed by atoms with Crippen molar-refractivity contribution in [2.45, 2.75) is 12.5 Å². The van der Waals surface area contributed by atoms with Crippen molar-refractivity contribution in [2.75, 3.05) is 26.3 Å². The minimum Gasteiger partial charge on any atom is -0.504 e. The van der Waals surface area contributed by atoms with Crippen molar-refractivity contribution in [1.82, 2.24) is 5.32 Å². The molecule has 0 heterocycles. The van der Waals surface area contributed by atoms with Gasteiger partial charge < -0.3 is 35.2 Å². The Balaban J connectivity index is 1.62. The van der Waals surface area contributed by atoms with Crippen LogP contribution in [-0.4, -0.2) is 58.8 Å². The maximum atomic E-state index is 10.4.